The lowest BCUT2D eigenvalue weighted by molar-refractivity contribution is -0.117. The molecule has 3 amide bonds. The molecule has 2 aromatic carbocycles. The minimum absolute atomic E-state index is 0.000191. The van der Waals surface area contributed by atoms with Crippen molar-refractivity contribution in [3.8, 4) is 11.5 Å². The number of nitrogens with zero attached hydrogens (tertiary/aromatic N) is 2. The normalized spacial score (nSPS) is 16.4. The average Bonchev–Trinajstić information content (AvgIpc) is 3.22. The number of amidine groups is 1. The van der Waals surface area contributed by atoms with Gasteiger partial charge in [0.05, 0.1) is 17.2 Å². The molecule has 1 spiro atoms. The van der Waals surface area contributed by atoms with Crippen LogP contribution in [0.4, 0.5) is 4.79 Å². The second kappa shape index (κ2) is 10.6. The molecule has 1 saturated carbocycles. The van der Waals surface area contributed by atoms with Crippen LogP contribution >= 0.6 is 23.2 Å². The van der Waals surface area contributed by atoms with Gasteiger partial charge in [-0.1, -0.05) is 46.9 Å². The summed E-state index contributed by atoms with van der Waals surface area (Å²) in [6, 6.07) is 9.37. The Labute approximate surface area is 213 Å². The Morgan fingerprint density at radius 3 is 2.46 bits per heavy atom. The summed E-state index contributed by atoms with van der Waals surface area (Å²) in [7, 11) is 1.44. The molecule has 3 N–H and O–H groups in total. The molecule has 0 atom stereocenters. The molecule has 35 heavy (non-hydrogen) atoms. The van der Waals surface area contributed by atoms with E-state index in [-0.39, 0.29) is 24.7 Å². The minimum Gasteiger partial charge on any atom is -0.504 e. The highest BCUT2D eigenvalue weighted by Crippen LogP contribution is 2.39. The van der Waals surface area contributed by atoms with Crippen LogP contribution in [0.15, 0.2) is 41.6 Å². The third kappa shape index (κ3) is 5.41. The Morgan fingerprint density at radius 2 is 1.74 bits per heavy atom. The molecule has 1 fully saturated rings. The number of carbonyl (C=O) groups excluding carboxylic acids is 2. The maximum absolute atomic E-state index is 13.3. The van der Waals surface area contributed by atoms with Crippen LogP contribution in [0.25, 0.3) is 0 Å². The first-order valence-electron chi connectivity index (χ1n) is 11.3. The molecule has 2 aliphatic rings. The molecular formula is C24H26Cl2N4O5. The first-order valence-corrected chi connectivity index (χ1v) is 12.0. The van der Waals surface area contributed by atoms with Gasteiger partial charge >= 0.3 is 6.03 Å². The predicted octanol–water partition coefficient (Wildman–Crippen LogP) is 4.54. The number of oxime groups is 1. The highest BCUT2D eigenvalue weighted by atomic mass is 35.5. The molecule has 186 valence electrons. The van der Waals surface area contributed by atoms with Gasteiger partial charge in [-0.3, -0.25) is 4.79 Å². The molecule has 9 nitrogen and oxygen atoms in total. The lowest BCUT2D eigenvalue weighted by atomic mass is 9.90. The summed E-state index contributed by atoms with van der Waals surface area (Å²) in [4.78, 5) is 33.5. The van der Waals surface area contributed by atoms with Gasteiger partial charge in [0.1, 0.15) is 0 Å². The fraction of sp³-hybridized carbons (Fsp3) is 0.375. The zero-order chi connectivity index (χ0) is 25.0. The monoisotopic (exact) mass is 520 g/mol. The van der Waals surface area contributed by atoms with Crippen LogP contribution in [0.2, 0.25) is 10.0 Å². The fourth-order valence-corrected chi connectivity index (χ4v) is 4.57. The topological polar surface area (TPSA) is 112 Å². The van der Waals surface area contributed by atoms with Crippen LogP contribution in [0, 0.1) is 0 Å². The van der Waals surface area contributed by atoms with Gasteiger partial charge in [0.15, 0.2) is 11.5 Å². The van der Waals surface area contributed by atoms with Crippen molar-refractivity contribution in [3.05, 3.63) is 57.6 Å². The van der Waals surface area contributed by atoms with Gasteiger partial charge in [-0.05, 0) is 48.2 Å². The molecule has 1 aliphatic carbocycles. The van der Waals surface area contributed by atoms with Gasteiger partial charge in [0.25, 0.3) is 5.91 Å². The van der Waals surface area contributed by atoms with Gasteiger partial charge in [0.2, 0.25) is 11.6 Å². The number of urea groups is 1. The van der Waals surface area contributed by atoms with Crippen molar-refractivity contribution in [1.82, 2.24) is 15.5 Å². The number of phenols is 1. The van der Waals surface area contributed by atoms with Crippen molar-refractivity contribution in [2.45, 2.75) is 50.9 Å². The highest BCUT2D eigenvalue weighted by Gasteiger charge is 2.52. The van der Waals surface area contributed by atoms with E-state index in [1.807, 2.05) is 0 Å². The van der Waals surface area contributed by atoms with E-state index < -0.39 is 17.7 Å². The molecular weight excluding hydrogens is 495 g/mol. The van der Waals surface area contributed by atoms with E-state index in [1.54, 1.807) is 30.3 Å². The van der Waals surface area contributed by atoms with Crippen molar-refractivity contribution in [3.63, 3.8) is 0 Å². The van der Waals surface area contributed by atoms with Crippen molar-refractivity contribution in [1.29, 1.82) is 0 Å². The van der Waals surface area contributed by atoms with Crippen LogP contribution in [0.1, 0.15) is 43.2 Å². The van der Waals surface area contributed by atoms with E-state index >= 15 is 0 Å². The third-order valence-electron chi connectivity index (χ3n) is 6.09. The van der Waals surface area contributed by atoms with E-state index in [2.05, 4.69) is 15.8 Å². The van der Waals surface area contributed by atoms with Crippen molar-refractivity contribution < 1.29 is 24.3 Å². The van der Waals surface area contributed by atoms with Gasteiger partial charge < -0.3 is 25.3 Å². The van der Waals surface area contributed by atoms with E-state index in [0.717, 1.165) is 24.8 Å². The molecule has 1 heterocycles. The van der Waals surface area contributed by atoms with Crippen molar-refractivity contribution in [2.24, 2.45) is 5.16 Å². The van der Waals surface area contributed by atoms with E-state index in [1.165, 1.54) is 18.1 Å². The number of nitrogens with one attached hydrogen (secondary N) is 2. The minimum atomic E-state index is -0.992. The lowest BCUT2D eigenvalue weighted by Crippen LogP contribution is -2.58. The number of phenolic OH excluding ortho intramolecular Hbond substituents is 1. The predicted molar refractivity (Wildman–Crippen MR) is 131 cm³/mol. The maximum atomic E-state index is 13.3. The van der Waals surface area contributed by atoms with Crippen LogP contribution in [-0.4, -0.2) is 40.6 Å². The third-order valence-corrected chi connectivity index (χ3v) is 6.83. The van der Waals surface area contributed by atoms with E-state index in [4.69, 9.17) is 32.8 Å². The number of amides is 3. The zero-order valence-electron chi connectivity index (χ0n) is 19.1. The van der Waals surface area contributed by atoms with Crippen LogP contribution in [0.5, 0.6) is 11.5 Å². The Balaban J connectivity index is 1.48. The maximum Gasteiger partial charge on any atom is 0.326 e. The van der Waals surface area contributed by atoms with Gasteiger partial charge in [-0.2, -0.15) is 0 Å². The van der Waals surface area contributed by atoms with Crippen LogP contribution in [0.3, 0.4) is 0 Å². The number of halogens is 2. The number of hydrogen-bond acceptors (Lipinski definition) is 6. The second-order valence-electron chi connectivity index (χ2n) is 8.44. The number of benzene rings is 2. The molecule has 4 rings (SSSR count). The second-order valence-corrected chi connectivity index (χ2v) is 9.26. The molecule has 0 bridgehead atoms. The van der Waals surface area contributed by atoms with Crippen LogP contribution in [-0.2, 0) is 22.7 Å². The zero-order valence-corrected chi connectivity index (χ0v) is 20.7. The van der Waals surface area contributed by atoms with Crippen molar-refractivity contribution in [2.75, 3.05) is 7.11 Å². The summed E-state index contributed by atoms with van der Waals surface area (Å²) in [5.74, 6) is -0.364. The number of ether oxygens (including phenoxy) is 1. The number of aromatic hydroxyl groups is 1. The van der Waals surface area contributed by atoms with Gasteiger partial charge in [-0.25, -0.2) is 9.69 Å². The SMILES string of the molecule is COc1cc(CNC(=O)C2=NOC3(CCCCC3)N2C(=O)NCc2ccc(Cl)c(Cl)c2)ccc1O. The Bertz CT molecular complexity index is 1150. The smallest absolute Gasteiger partial charge is 0.326 e. The molecule has 0 aromatic heterocycles. The number of carbonyl (C=O) groups is 2. The largest absolute Gasteiger partial charge is 0.504 e. The summed E-state index contributed by atoms with van der Waals surface area (Å²) in [5.41, 5.74) is 0.472. The molecule has 0 radical (unpaired) electrons. The number of hydrogen-bond donors (Lipinski definition) is 3. The quantitative estimate of drug-likeness (QED) is 0.517. The summed E-state index contributed by atoms with van der Waals surface area (Å²) >= 11 is 12.1. The Kier molecular flexibility index (Phi) is 7.57. The highest BCUT2D eigenvalue weighted by molar-refractivity contribution is 6.42. The standard InChI is InChI=1S/C24H26Cl2N4O5/c1-34-20-12-16(6-8-19(20)31)13-27-22(32)21-29-35-24(9-3-2-4-10-24)30(21)23(33)28-14-15-5-7-17(25)18(26)11-15/h5-8,11-12,31H,2-4,9-10,13-14H2,1H3,(H,27,32)(H,28,33). The average molecular weight is 521 g/mol. The molecule has 2 aromatic rings. The summed E-state index contributed by atoms with van der Waals surface area (Å²) in [6.45, 7) is 0.324. The van der Waals surface area contributed by atoms with E-state index in [0.29, 0.717) is 34.2 Å². The summed E-state index contributed by atoms with van der Waals surface area (Å²) in [5, 5.41) is 20.2. The fourth-order valence-electron chi connectivity index (χ4n) is 4.25. The Hall–Kier alpha value is -3.17. The molecule has 11 heteroatoms. The van der Waals surface area contributed by atoms with Crippen molar-refractivity contribution >= 4 is 41.0 Å². The summed E-state index contributed by atoms with van der Waals surface area (Å²) in [6.07, 6.45) is 3.88. The van der Waals surface area contributed by atoms with Crippen LogP contribution < -0.4 is 15.4 Å². The first-order chi connectivity index (χ1) is 16.8. The first kappa shape index (κ1) is 24.9. The summed E-state index contributed by atoms with van der Waals surface area (Å²) < 4.78 is 5.11. The number of rotatable bonds is 6. The Morgan fingerprint density at radius 1 is 1.06 bits per heavy atom. The molecule has 0 saturated heterocycles. The molecule has 0 unspecified atom stereocenters. The van der Waals surface area contributed by atoms with E-state index in [9.17, 15) is 14.7 Å². The lowest BCUT2D eigenvalue weighted by Gasteiger charge is -2.38. The van der Waals surface area contributed by atoms with Gasteiger partial charge in [-0.15, -0.1) is 0 Å². The molecule has 1 aliphatic heterocycles. The van der Waals surface area contributed by atoms with Gasteiger partial charge in [0, 0.05) is 25.9 Å². The number of methoxy groups -OCH3 is 1.